The van der Waals surface area contributed by atoms with E-state index in [4.69, 9.17) is 21.4 Å². The molecule has 2 N–H and O–H groups in total. The Morgan fingerprint density at radius 3 is 2.60 bits per heavy atom. The number of amides is 1. The molecule has 0 atom stereocenters. The zero-order valence-corrected chi connectivity index (χ0v) is 21.6. The first-order chi connectivity index (χ1) is 17.1. The van der Waals surface area contributed by atoms with Crippen molar-refractivity contribution in [1.82, 2.24) is 10.3 Å². The lowest BCUT2D eigenvalue weighted by atomic mass is 10.0. The first kappa shape index (κ1) is 30.4. The summed E-state index contributed by atoms with van der Waals surface area (Å²) in [5.74, 6) is -0.828. The van der Waals surface area contributed by atoms with E-state index in [0.717, 1.165) is 50.1 Å². The van der Waals surface area contributed by atoms with Gasteiger partial charge in [-0.25, -0.2) is 14.4 Å². The van der Waals surface area contributed by atoms with Crippen molar-refractivity contribution in [3.8, 4) is 0 Å². The fourth-order valence-corrected chi connectivity index (χ4v) is 3.67. The summed E-state index contributed by atoms with van der Waals surface area (Å²) in [4.78, 5) is 21.3. The lowest BCUT2D eigenvalue weighted by Crippen LogP contribution is -2.36. The minimum absolute atomic E-state index is 0.0547. The Hall–Kier alpha value is -2.61. The molecule has 3 rings (SSSR count). The maximum absolute atomic E-state index is 13.9. The quantitative estimate of drug-likeness (QED) is 0.515. The molecule has 1 saturated heterocycles. The Balaban J connectivity index is 0.00000145. The molecule has 35 heavy (non-hydrogen) atoms. The average molecular weight is 506 g/mol. The molecular formula is C27H37ClFN3O3. The van der Waals surface area contributed by atoms with Crippen LogP contribution in [0.25, 0.3) is 0 Å². The second-order valence-corrected chi connectivity index (χ2v) is 7.89. The van der Waals surface area contributed by atoms with Gasteiger partial charge in [0.05, 0.1) is 6.20 Å². The molecular weight excluding hydrogens is 469 g/mol. The SMILES string of the molecule is CC.CO.O=C(NC1CCCOCCC1)c1cc(CC2=CCC=NC(Cl)=C2)ccccc(F)cn1. The number of ether oxygens (including phenoxy) is 1. The van der Waals surface area contributed by atoms with Crippen LogP contribution in [-0.2, 0) is 11.2 Å². The number of nitrogens with zero attached hydrogens (tertiary/aromatic N) is 2. The third kappa shape index (κ3) is 12.6. The highest BCUT2D eigenvalue weighted by atomic mass is 35.5. The van der Waals surface area contributed by atoms with Gasteiger partial charge in [-0.15, -0.1) is 0 Å². The molecule has 0 aromatic carbocycles. The van der Waals surface area contributed by atoms with Crippen molar-refractivity contribution < 1.29 is 19.0 Å². The van der Waals surface area contributed by atoms with E-state index in [1.54, 1.807) is 24.4 Å². The van der Waals surface area contributed by atoms with Gasteiger partial charge in [0.1, 0.15) is 16.7 Å². The van der Waals surface area contributed by atoms with Gasteiger partial charge >= 0.3 is 0 Å². The number of hydrogen-bond acceptors (Lipinski definition) is 5. The summed E-state index contributed by atoms with van der Waals surface area (Å²) in [6, 6.07) is 8.26. The van der Waals surface area contributed by atoms with E-state index < -0.39 is 5.82 Å². The van der Waals surface area contributed by atoms with E-state index in [-0.39, 0.29) is 17.6 Å². The number of aliphatic hydroxyl groups is 1. The Kier molecular flexibility index (Phi) is 16.2. The second-order valence-electron chi connectivity index (χ2n) is 7.50. The van der Waals surface area contributed by atoms with E-state index in [2.05, 4.69) is 15.3 Å². The summed E-state index contributed by atoms with van der Waals surface area (Å²) in [6.07, 6.45) is 11.4. The van der Waals surface area contributed by atoms with Crippen LogP contribution < -0.4 is 5.32 Å². The van der Waals surface area contributed by atoms with E-state index in [1.165, 1.54) is 6.07 Å². The summed E-state index contributed by atoms with van der Waals surface area (Å²) in [5.41, 5.74) is 2.01. The lowest BCUT2D eigenvalue weighted by molar-refractivity contribution is 0.0876. The van der Waals surface area contributed by atoms with Crippen molar-refractivity contribution in [2.24, 2.45) is 4.99 Å². The number of aliphatic hydroxyl groups excluding tert-OH is 1. The van der Waals surface area contributed by atoms with Gasteiger partial charge < -0.3 is 15.2 Å². The molecule has 192 valence electrons. The molecule has 0 saturated carbocycles. The van der Waals surface area contributed by atoms with E-state index >= 15 is 0 Å². The van der Waals surface area contributed by atoms with Crippen LogP contribution in [-0.4, -0.2) is 48.6 Å². The van der Waals surface area contributed by atoms with Gasteiger partial charge in [-0.2, -0.15) is 0 Å². The van der Waals surface area contributed by atoms with Gasteiger partial charge in [0, 0.05) is 39.0 Å². The molecule has 0 bridgehead atoms. The second kappa shape index (κ2) is 18.7. The smallest absolute Gasteiger partial charge is 0.270 e. The Labute approximate surface area is 213 Å². The molecule has 0 aliphatic carbocycles. The van der Waals surface area contributed by atoms with Crippen molar-refractivity contribution in [3.05, 3.63) is 76.5 Å². The molecule has 2 aliphatic rings. The zero-order chi connectivity index (χ0) is 25.9. The van der Waals surface area contributed by atoms with Gasteiger partial charge in [-0.1, -0.05) is 49.7 Å². The van der Waals surface area contributed by atoms with Crippen LogP contribution in [0.2, 0.25) is 0 Å². The number of carbonyl (C=O) groups is 1. The number of aliphatic imine (C=N–C) groups is 1. The molecule has 0 spiro atoms. The normalized spacial score (nSPS) is 15.7. The molecule has 1 aromatic heterocycles. The summed E-state index contributed by atoms with van der Waals surface area (Å²) in [6.45, 7) is 5.41. The van der Waals surface area contributed by atoms with Crippen LogP contribution >= 0.6 is 11.6 Å². The standard InChI is InChI=1S/C24H27ClFN3O2.C2H6.CH4O/c25-23-16-19(7-3-11-27-23)14-18-6-1-2-8-20(26)17-28-22(15-18)24(30)29-21-9-4-12-31-13-5-10-21;2*1-2/h1-2,6-8,11,15-17,21H,3-5,9-10,12-14H2,(H,29,30);1-2H3;2H,1H3. The number of aromatic nitrogens is 1. The number of carbonyl (C=O) groups excluding carboxylic acids is 1. The predicted octanol–water partition coefficient (Wildman–Crippen LogP) is 5.69. The monoisotopic (exact) mass is 505 g/mol. The highest BCUT2D eigenvalue weighted by Crippen LogP contribution is 2.17. The van der Waals surface area contributed by atoms with Crippen molar-refractivity contribution >= 4 is 23.7 Å². The summed E-state index contributed by atoms with van der Waals surface area (Å²) >= 11 is 6.10. The van der Waals surface area contributed by atoms with Gasteiger partial charge in [0.15, 0.2) is 0 Å². The van der Waals surface area contributed by atoms with Crippen molar-refractivity contribution in [1.29, 1.82) is 0 Å². The minimum Gasteiger partial charge on any atom is -0.400 e. The summed E-state index contributed by atoms with van der Waals surface area (Å²) in [5, 5.41) is 10.5. The molecule has 0 unspecified atom stereocenters. The molecule has 2 aliphatic heterocycles. The largest absolute Gasteiger partial charge is 0.400 e. The van der Waals surface area contributed by atoms with Crippen LogP contribution in [0, 0.1) is 5.82 Å². The molecule has 8 heteroatoms. The number of hydrogen-bond donors (Lipinski definition) is 2. The molecule has 0 radical (unpaired) electrons. The van der Waals surface area contributed by atoms with E-state index in [9.17, 15) is 9.18 Å². The number of rotatable bonds is 4. The third-order valence-corrected chi connectivity index (χ3v) is 5.20. The van der Waals surface area contributed by atoms with Crippen molar-refractivity contribution in [2.75, 3.05) is 20.3 Å². The van der Waals surface area contributed by atoms with Gasteiger partial charge in [0.2, 0.25) is 0 Å². The molecule has 6 nitrogen and oxygen atoms in total. The van der Waals surface area contributed by atoms with Crippen LogP contribution in [0.3, 0.4) is 0 Å². The van der Waals surface area contributed by atoms with Crippen molar-refractivity contribution in [3.63, 3.8) is 0 Å². The zero-order valence-electron chi connectivity index (χ0n) is 20.8. The summed E-state index contributed by atoms with van der Waals surface area (Å²) < 4.78 is 19.4. The summed E-state index contributed by atoms with van der Waals surface area (Å²) in [7, 11) is 1.00. The first-order valence-electron chi connectivity index (χ1n) is 12.0. The maximum Gasteiger partial charge on any atom is 0.270 e. The minimum atomic E-state index is -0.520. The Morgan fingerprint density at radius 2 is 1.89 bits per heavy atom. The molecule has 1 fully saturated rings. The number of halogens is 2. The molecule has 1 amide bonds. The third-order valence-electron chi connectivity index (χ3n) is 4.99. The highest BCUT2D eigenvalue weighted by Gasteiger charge is 2.16. The average Bonchev–Trinajstić information content (AvgIpc) is 3.06. The van der Waals surface area contributed by atoms with Gasteiger partial charge in [-0.05, 0) is 61.4 Å². The highest BCUT2D eigenvalue weighted by molar-refractivity contribution is 6.30. The maximum atomic E-state index is 13.9. The van der Waals surface area contributed by atoms with Gasteiger partial charge in [0.25, 0.3) is 5.91 Å². The topological polar surface area (TPSA) is 83.8 Å². The van der Waals surface area contributed by atoms with Crippen LogP contribution in [0.1, 0.15) is 62.0 Å². The lowest BCUT2D eigenvalue weighted by Gasteiger charge is -2.21. The Bertz CT molecular complexity index is 926. The van der Waals surface area contributed by atoms with E-state index in [0.29, 0.717) is 31.2 Å². The molecule has 1 aromatic rings. The molecule has 3 heterocycles. The van der Waals surface area contributed by atoms with E-state index in [1.807, 2.05) is 32.1 Å². The van der Waals surface area contributed by atoms with Crippen molar-refractivity contribution in [2.45, 2.75) is 58.4 Å². The number of allylic oxidation sites excluding steroid dienone is 3. The number of nitrogens with one attached hydrogen (secondary N) is 1. The first-order valence-corrected chi connectivity index (χ1v) is 12.4. The predicted molar refractivity (Wildman–Crippen MR) is 141 cm³/mol. The van der Waals surface area contributed by atoms with Gasteiger partial charge in [-0.3, -0.25) is 4.79 Å². The fourth-order valence-electron chi connectivity index (χ4n) is 3.46. The fraction of sp³-hybridized carbons (Fsp3) is 0.444. The van der Waals surface area contributed by atoms with Crippen LogP contribution in [0.4, 0.5) is 4.39 Å². The Morgan fingerprint density at radius 1 is 1.20 bits per heavy atom. The van der Waals surface area contributed by atoms with Crippen LogP contribution in [0.15, 0.2) is 64.4 Å². The van der Waals surface area contributed by atoms with Crippen LogP contribution in [0.5, 0.6) is 0 Å².